The molecular weight excluding hydrogens is 340 g/mol. The van der Waals surface area contributed by atoms with Gasteiger partial charge in [0, 0.05) is 19.1 Å². The lowest BCUT2D eigenvalue weighted by molar-refractivity contribution is 0.0585. The van der Waals surface area contributed by atoms with Crippen molar-refractivity contribution in [3.8, 4) is 5.75 Å². The van der Waals surface area contributed by atoms with Crippen LogP contribution in [0.2, 0.25) is 0 Å². The Bertz CT molecular complexity index is 595. The van der Waals surface area contributed by atoms with Crippen molar-refractivity contribution < 1.29 is 9.53 Å². The van der Waals surface area contributed by atoms with Crippen LogP contribution in [0.3, 0.4) is 0 Å². The summed E-state index contributed by atoms with van der Waals surface area (Å²) in [6.07, 6.45) is 2.15. The highest BCUT2D eigenvalue weighted by Crippen LogP contribution is 2.27. The maximum Gasteiger partial charge on any atom is 0.317 e. The highest BCUT2D eigenvalue weighted by atomic mass is 16.5. The minimum atomic E-state index is -0.0301. The van der Waals surface area contributed by atoms with Crippen molar-refractivity contribution in [2.75, 3.05) is 54.4 Å². The number of nitrogens with zero attached hydrogens (tertiary/aromatic N) is 3. The van der Waals surface area contributed by atoms with Gasteiger partial charge in [0.05, 0.1) is 13.2 Å². The van der Waals surface area contributed by atoms with Crippen LogP contribution >= 0.6 is 0 Å². The summed E-state index contributed by atoms with van der Waals surface area (Å²) < 4.78 is 5.21. The van der Waals surface area contributed by atoms with Crippen LogP contribution in [0, 0.1) is 0 Å². The summed E-state index contributed by atoms with van der Waals surface area (Å²) in [5.41, 5.74) is 1.12. The van der Waals surface area contributed by atoms with E-state index in [2.05, 4.69) is 36.1 Å². The summed E-state index contributed by atoms with van der Waals surface area (Å²) in [6.45, 7) is 8.20. The number of carbonyl (C=O) groups is 1. The molecule has 2 rings (SSSR count). The minimum absolute atomic E-state index is 0.00634. The standard InChI is InChI=1S/C21H36N4O2/c1-7-25-14-12-21(13-15-25,23(3)4)16-22-20(26)24(5)17(2)18-8-10-19(27-6)11-9-18/h8-11,17H,7,12-16H2,1-6H3,(H,22,26)/t17-/m0/s1. The summed E-state index contributed by atoms with van der Waals surface area (Å²) in [7, 11) is 7.75. The van der Waals surface area contributed by atoms with E-state index < -0.39 is 0 Å². The molecule has 1 aliphatic rings. The molecule has 1 fully saturated rings. The average molecular weight is 377 g/mol. The van der Waals surface area contributed by atoms with Crippen molar-refractivity contribution in [2.24, 2.45) is 0 Å². The molecule has 0 aromatic heterocycles. The molecule has 1 saturated heterocycles. The third-order valence-electron chi connectivity index (χ3n) is 6.25. The molecule has 1 N–H and O–H groups in total. The highest BCUT2D eigenvalue weighted by Gasteiger charge is 2.36. The van der Waals surface area contributed by atoms with Gasteiger partial charge >= 0.3 is 6.03 Å². The van der Waals surface area contributed by atoms with Crippen molar-refractivity contribution in [1.82, 2.24) is 20.0 Å². The van der Waals surface area contributed by atoms with Gasteiger partial charge in [-0.05, 0) is 71.2 Å². The first-order chi connectivity index (χ1) is 12.8. The molecule has 1 atom stereocenters. The van der Waals surface area contributed by atoms with E-state index in [9.17, 15) is 4.79 Å². The molecule has 2 amide bonds. The normalized spacial score (nSPS) is 18.2. The Morgan fingerprint density at radius 2 is 1.81 bits per heavy atom. The first kappa shape index (κ1) is 21.5. The number of carbonyl (C=O) groups excluding carboxylic acids is 1. The molecule has 1 aromatic carbocycles. The Morgan fingerprint density at radius 1 is 1.22 bits per heavy atom. The monoisotopic (exact) mass is 376 g/mol. The van der Waals surface area contributed by atoms with Crippen molar-refractivity contribution in [3.05, 3.63) is 29.8 Å². The number of benzene rings is 1. The molecule has 0 bridgehead atoms. The van der Waals surface area contributed by atoms with Crippen LogP contribution in [0.5, 0.6) is 5.75 Å². The van der Waals surface area contributed by atoms with Crippen LogP contribution in [-0.2, 0) is 0 Å². The van der Waals surface area contributed by atoms with E-state index in [0.717, 1.165) is 43.8 Å². The van der Waals surface area contributed by atoms with E-state index in [1.165, 1.54) is 0 Å². The number of urea groups is 1. The second-order valence-corrected chi connectivity index (χ2v) is 7.77. The van der Waals surface area contributed by atoms with E-state index in [-0.39, 0.29) is 17.6 Å². The van der Waals surface area contributed by atoms with Crippen LogP contribution in [0.1, 0.15) is 38.3 Å². The number of piperidine rings is 1. The largest absolute Gasteiger partial charge is 0.497 e. The third kappa shape index (κ3) is 5.14. The Kier molecular flexibility index (Phi) is 7.50. The first-order valence-electron chi connectivity index (χ1n) is 9.87. The SMILES string of the molecule is CCN1CCC(CNC(=O)N(C)[C@@H](C)c2ccc(OC)cc2)(N(C)C)CC1. The number of likely N-dealkylation sites (tertiary alicyclic amines) is 1. The number of nitrogens with one attached hydrogen (secondary N) is 1. The lowest BCUT2D eigenvalue weighted by Crippen LogP contribution is -2.59. The molecule has 152 valence electrons. The maximum atomic E-state index is 12.8. The van der Waals surface area contributed by atoms with E-state index >= 15 is 0 Å². The number of hydrogen-bond acceptors (Lipinski definition) is 4. The van der Waals surface area contributed by atoms with Crippen molar-refractivity contribution in [1.29, 1.82) is 0 Å². The zero-order valence-electron chi connectivity index (χ0n) is 17.8. The Labute approximate surface area is 164 Å². The summed E-state index contributed by atoms with van der Waals surface area (Å²) in [5, 5.41) is 3.18. The third-order valence-corrected chi connectivity index (χ3v) is 6.25. The Morgan fingerprint density at radius 3 is 2.30 bits per heavy atom. The smallest absolute Gasteiger partial charge is 0.317 e. The van der Waals surface area contributed by atoms with Gasteiger partial charge < -0.3 is 24.8 Å². The Hall–Kier alpha value is -1.79. The number of amides is 2. The lowest BCUT2D eigenvalue weighted by Gasteiger charge is -2.46. The van der Waals surface area contributed by atoms with Gasteiger partial charge in [0.15, 0.2) is 0 Å². The average Bonchev–Trinajstić information content (AvgIpc) is 2.71. The molecule has 0 unspecified atom stereocenters. The summed E-state index contributed by atoms with van der Waals surface area (Å²) >= 11 is 0. The van der Waals surface area contributed by atoms with Gasteiger partial charge in [0.25, 0.3) is 0 Å². The fraction of sp³-hybridized carbons (Fsp3) is 0.667. The maximum absolute atomic E-state index is 12.8. The van der Waals surface area contributed by atoms with Crippen molar-refractivity contribution in [2.45, 2.75) is 38.3 Å². The van der Waals surface area contributed by atoms with Gasteiger partial charge in [-0.1, -0.05) is 19.1 Å². The van der Waals surface area contributed by atoms with Gasteiger partial charge in [-0.15, -0.1) is 0 Å². The molecular formula is C21H36N4O2. The summed E-state index contributed by atoms with van der Waals surface area (Å²) in [5.74, 6) is 0.824. The second kappa shape index (κ2) is 9.42. The number of methoxy groups -OCH3 is 1. The van der Waals surface area contributed by atoms with Crippen molar-refractivity contribution in [3.63, 3.8) is 0 Å². The van der Waals surface area contributed by atoms with E-state index in [1.807, 2.05) is 38.2 Å². The molecule has 0 radical (unpaired) electrons. The van der Waals surface area contributed by atoms with E-state index in [4.69, 9.17) is 4.74 Å². The fourth-order valence-corrected chi connectivity index (χ4v) is 3.71. The molecule has 1 heterocycles. The second-order valence-electron chi connectivity index (χ2n) is 7.77. The topological polar surface area (TPSA) is 48.1 Å². The summed E-state index contributed by atoms with van der Waals surface area (Å²) in [4.78, 5) is 19.3. The zero-order chi connectivity index (χ0) is 20.0. The quantitative estimate of drug-likeness (QED) is 0.795. The first-order valence-corrected chi connectivity index (χ1v) is 9.87. The molecule has 0 saturated carbocycles. The highest BCUT2D eigenvalue weighted by molar-refractivity contribution is 5.74. The number of rotatable bonds is 7. The van der Waals surface area contributed by atoms with Gasteiger partial charge in [0.2, 0.25) is 0 Å². The molecule has 1 aromatic rings. The van der Waals surface area contributed by atoms with Crippen LogP contribution in [-0.4, -0.2) is 80.7 Å². The fourth-order valence-electron chi connectivity index (χ4n) is 3.71. The van der Waals surface area contributed by atoms with Gasteiger partial charge in [-0.25, -0.2) is 4.79 Å². The van der Waals surface area contributed by atoms with Crippen LogP contribution < -0.4 is 10.1 Å². The van der Waals surface area contributed by atoms with E-state index in [0.29, 0.717) is 6.54 Å². The minimum Gasteiger partial charge on any atom is -0.497 e. The molecule has 6 nitrogen and oxygen atoms in total. The predicted molar refractivity (Wildman–Crippen MR) is 110 cm³/mol. The number of ether oxygens (including phenoxy) is 1. The molecule has 0 aliphatic carbocycles. The number of likely N-dealkylation sites (N-methyl/N-ethyl adjacent to an activating group) is 1. The van der Waals surface area contributed by atoms with Gasteiger partial charge in [0.1, 0.15) is 5.75 Å². The van der Waals surface area contributed by atoms with Crippen LogP contribution in [0.4, 0.5) is 4.79 Å². The summed E-state index contributed by atoms with van der Waals surface area (Å²) in [6, 6.07) is 7.84. The molecule has 6 heteroatoms. The van der Waals surface area contributed by atoms with Gasteiger partial charge in [-0.3, -0.25) is 0 Å². The van der Waals surface area contributed by atoms with Crippen LogP contribution in [0.25, 0.3) is 0 Å². The predicted octanol–water partition coefficient (Wildman–Crippen LogP) is 2.81. The lowest BCUT2D eigenvalue weighted by atomic mass is 9.86. The van der Waals surface area contributed by atoms with E-state index in [1.54, 1.807) is 12.0 Å². The number of hydrogen-bond donors (Lipinski definition) is 1. The van der Waals surface area contributed by atoms with Gasteiger partial charge in [-0.2, -0.15) is 0 Å². The van der Waals surface area contributed by atoms with Crippen molar-refractivity contribution >= 4 is 6.03 Å². The molecule has 0 spiro atoms. The molecule has 1 aliphatic heterocycles. The van der Waals surface area contributed by atoms with Crippen LogP contribution in [0.15, 0.2) is 24.3 Å². The Balaban J connectivity index is 1.96. The molecule has 27 heavy (non-hydrogen) atoms. The zero-order valence-corrected chi connectivity index (χ0v) is 17.8.